The first-order chi connectivity index (χ1) is 10.5. The smallest absolute Gasteiger partial charge is 0.312 e. The number of hydrogen-bond donors (Lipinski definition) is 2. The van der Waals surface area contributed by atoms with E-state index in [0.717, 1.165) is 23.1 Å². The van der Waals surface area contributed by atoms with Crippen molar-refractivity contribution in [1.82, 2.24) is 14.9 Å². The molecule has 0 aliphatic heterocycles. The number of carbonyl (C=O) groups excluding carboxylic acids is 1. The number of urea groups is 1. The monoisotopic (exact) mass is 318 g/mol. The first kappa shape index (κ1) is 16.4. The van der Waals surface area contributed by atoms with Gasteiger partial charge in [-0.3, -0.25) is 0 Å². The maximum Gasteiger partial charge on any atom is 0.312 e. The Morgan fingerprint density at radius 1 is 1.36 bits per heavy atom. The summed E-state index contributed by atoms with van der Waals surface area (Å²) in [6.45, 7) is 7.48. The fourth-order valence-electron chi connectivity index (χ4n) is 2.21. The van der Waals surface area contributed by atoms with E-state index in [1.807, 2.05) is 18.2 Å². The molecule has 6 heteroatoms. The van der Waals surface area contributed by atoms with E-state index in [-0.39, 0.29) is 0 Å². The normalized spacial score (nSPS) is 10.9. The van der Waals surface area contributed by atoms with Crippen LogP contribution in [0.25, 0.3) is 0 Å². The lowest BCUT2D eigenvalue weighted by Gasteiger charge is -2.11. The highest BCUT2D eigenvalue weighted by Gasteiger charge is 2.19. The number of primary amides is 1. The van der Waals surface area contributed by atoms with Crippen LogP contribution in [0.15, 0.2) is 40.3 Å². The van der Waals surface area contributed by atoms with E-state index in [1.165, 1.54) is 4.90 Å². The predicted octanol–water partition coefficient (Wildman–Crippen LogP) is 3.35. The van der Waals surface area contributed by atoms with Gasteiger partial charge in [0, 0.05) is 11.4 Å². The average Bonchev–Trinajstić information content (AvgIpc) is 2.84. The van der Waals surface area contributed by atoms with Gasteiger partial charge < -0.3 is 15.6 Å². The van der Waals surface area contributed by atoms with Gasteiger partial charge >= 0.3 is 6.03 Å². The molecule has 0 radical (unpaired) electrons. The minimum absolute atomic E-state index is 0.311. The number of carbonyl (C=O) groups is 1. The van der Waals surface area contributed by atoms with E-state index in [9.17, 15) is 4.79 Å². The van der Waals surface area contributed by atoms with Crippen LogP contribution in [-0.2, 0) is 13.1 Å². The lowest BCUT2D eigenvalue weighted by molar-refractivity contribution is 0.248. The van der Waals surface area contributed by atoms with Gasteiger partial charge in [0.15, 0.2) is 0 Å². The lowest BCUT2D eigenvalue weighted by Crippen LogP contribution is -2.29. The van der Waals surface area contributed by atoms with Crippen LogP contribution in [0, 0.1) is 0 Å². The number of amides is 2. The van der Waals surface area contributed by atoms with Crippen molar-refractivity contribution in [1.29, 1.82) is 0 Å². The molecule has 0 spiro atoms. The second-order valence-corrected chi connectivity index (χ2v) is 6.31. The van der Waals surface area contributed by atoms with E-state index in [0.29, 0.717) is 12.5 Å². The van der Waals surface area contributed by atoms with Gasteiger partial charge in [-0.25, -0.2) is 9.78 Å². The first-order valence-electron chi connectivity index (χ1n) is 7.38. The summed E-state index contributed by atoms with van der Waals surface area (Å²) in [6.07, 6.45) is 0. The van der Waals surface area contributed by atoms with Gasteiger partial charge in [0.05, 0.1) is 12.2 Å². The minimum atomic E-state index is -0.533. The van der Waals surface area contributed by atoms with Crippen LogP contribution >= 0.6 is 11.8 Å². The van der Waals surface area contributed by atoms with Crippen molar-refractivity contribution < 1.29 is 4.79 Å². The summed E-state index contributed by atoms with van der Waals surface area (Å²) in [5.74, 6) is 1.15. The van der Waals surface area contributed by atoms with Crippen LogP contribution in [0.3, 0.4) is 0 Å². The number of imidazole rings is 1. The highest BCUT2D eigenvalue weighted by molar-refractivity contribution is 7.99. The molecule has 0 saturated carbocycles. The Bertz CT molecular complexity index is 637. The van der Waals surface area contributed by atoms with Crippen molar-refractivity contribution in [3.63, 3.8) is 0 Å². The van der Waals surface area contributed by atoms with Crippen molar-refractivity contribution >= 4 is 17.8 Å². The predicted molar refractivity (Wildman–Crippen MR) is 89.0 cm³/mol. The molecule has 0 saturated heterocycles. The van der Waals surface area contributed by atoms with E-state index in [4.69, 9.17) is 10.7 Å². The molecule has 5 nitrogen and oxygen atoms in total. The molecule has 0 fully saturated rings. The zero-order chi connectivity index (χ0) is 16.1. The van der Waals surface area contributed by atoms with Gasteiger partial charge in [-0.2, -0.15) is 0 Å². The molecule has 0 aliphatic rings. The molecule has 2 aromatic rings. The summed E-state index contributed by atoms with van der Waals surface area (Å²) in [7, 11) is 0. The summed E-state index contributed by atoms with van der Waals surface area (Å²) in [5.41, 5.74) is 6.22. The van der Waals surface area contributed by atoms with Gasteiger partial charge in [-0.15, -0.1) is 0 Å². The second-order valence-electron chi connectivity index (χ2n) is 5.25. The third kappa shape index (κ3) is 3.82. The van der Waals surface area contributed by atoms with Crippen LogP contribution in [0.2, 0.25) is 0 Å². The molecule has 118 valence electrons. The summed E-state index contributed by atoms with van der Waals surface area (Å²) < 4.78 is 2.14. The average molecular weight is 318 g/mol. The van der Waals surface area contributed by atoms with Crippen LogP contribution in [0.5, 0.6) is 0 Å². The third-order valence-corrected chi connectivity index (χ3v) is 4.40. The Morgan fingerprint density at radius 2 is 2.05 bits per heavy atom. The van der Waals surface area contributed by atoms with Gasteiger partial charge in [0.2, 0.25) is 0 Å². The van der Waals surface area contributed by atoms with Gasteiger partial charge in [-0.05, 0) is 25.0 Å². The van der Waals surface area contributed by atoms with Crippen molar-refractivity contribution in [2.75, 3.05) is 0 Å². The summed E-state index contributed by atoms with van der Waals surface area (Å²) in [4.78, 5) is 16.9. The number of rotatable bonds is 6. The minimum Gasteiger partial charge on any atom is -0.352 e. The van der Waals surface area contributed by atoms with Gasteiger partial charge in [0.1, 0.15) is 10.9 Å². The van der Waals surface area contributed by atoms with E-state index < -0.39 is 6.03 Å². The molecule has 2 amide bonds. The highest BCUT2D eigenvalue weighted by atomic mass is 32.2. The maximum atomic E-state index is 11.0. The Balaban J connectivity index is 2.38. The van der Waals surface area contributed by atoms with Crippen LogP contribution < -0.4 is 11.1 Å². The maximum absolute atomic E-state index is 11.0. The number of aromatic nitrogens is 2. The third-order valence-electron chi connectivity index (χ3n) is 3.27. The van der Waals surface area contributed by atoms with Crippen molar-refractivity contribution in [3.05, 3.63) is 41.9 Å². The fourth-order valence-corrected chi connectivity index (χ4v) is 3.46. The standard InChI is InChI=1S/C16H22N4OS/c1-4-20-13(10-18-16(17)21)19-14(11(2)3)15(20)22-12-8-6-5-7-9-12/h5-9,11H,4,10H2,1-3H3,(H3,17,18,21). The molecule has 22 heavy (non-hydrogen) atoms. The molecular weight excluding hydrogens is 296 g/mol. The second kappa shape index (κ2) is 7.35. The number of benzene rings is 1. The zero-order valence-electron chi connectivity index (χ0n) is 13.2. The van der Waals surface area contributed by atoms with Crippen LogP contribution in [-0.4, -0.2) is 15.6 Å². The first-order valence-corrected chi connectivity index (χ1v) is 8.20. The number of nitrogens with two attached hydrogens (primary N) is 1. The summed E-state index contributed by atoms with van der Waals surface area (Å²) in [6, 6.07) is 9.70. The molecule has 3 N–H and O–H groups in total. The van der Waals surface area contributed by atoms with Gasteiger partial charge in [-0.1, -0.05) is 43.8 Å². The van der Waals surface area contributed by atoms with Crippen LogP contribution in [0.1, 0.15) is 38.2 Å². The van der Waals surface area contributed by atoms with Crippen molar-refractivity contribution in [3.8, 4) is 0 Å². The number of hydrogen-bond acceptors (Lipinski definition) is 3. The molecule has 0 aliphatic carbocycles. The van der Waals surface area contributed by atoms with E-state index in [1.54, 1.807) is 11.8 Å². The quantitative estimate of drug-likeness (QED) is 0.858. The Kier molecular flexibility index (Phi) is 5.49. The molecule has 0 bridgehead atoms. The molecule has 2 rings (SSSR count). The fraction of sp³-hybridized carbons (Fsp3) is 0.375. The van der Waals surface area contributed by atoms with Crippen molar-refractivity contribution in [2.45, 2.75) is 49.7 Å². The SMILES string of the molecule is CCn1c(CNC(N)=O)nc(C(C)C)c1Sc1ccccc1. The van der Waals surface area contributed by atoms with Crippen LogP contribution in [0.4, 0.5) is 4.79 Å². The molecule has 1 aromatic carbocycles. The highest BCUT2D eigenvalue weighted by Crippen LogP contribution is 2.34. The largest absolute Gasteiger partial charge is 0.352 e. The molecule has 0 unspecified atom stereocenters. The topological polar surface area (TPSA) is 72.9 Å². The summed E-state index contributed by atoms with van der Waals surface area (Å²) in [5, 5.41) is 3.76. The van der Waals surface area contributed by atoms with E-state index >= 15 is 0 Å². The molecule has 1 aromatic heterocycles. The van der Waals surface area contributed by atoms with Gasteiger partial charge in [0.25, 0.3) is 0 Å². The zero-order valence-corrected chi connectivity index (χ0v) is 14.0. The number of nitrogens with zero attached hydrogens (tertiary/aromatic N) is 2. The summed E-state index contributed by atoms with van der Waals surface area (Å²) >= 11 is 1.71. The lowest BCUT2D eigenvalue weighted by atomic mass is 10.1. The number of nitrogens with one attached hydrogen (secondary N) is 1. The van der Waals surface area contributed by atoms with Crippen molar-refractivity contribution in [2.24, 2.45) is 5.73 Å². The Labute approximate surface area is 135 Å². The molecular formula is C16H22N4OS. The Hall–Kier alpha value is -1.95. The Morgan fingerprint density at radius 3 is 2.59 bits per heavy atom. The van der Waals surface area contributed by atoms with E-state index in [2.05, 4.69) is 42.8 Å². The molecule has 0 atom stereocenters. The molecule has 1 heterocycles.